The SMILES string of the molecule is Cc1cc(C=CC(=O)O)cc(Cl)c1Oc1ccc(O)cn1. The van der Waals surface area contributed by atoms with Crippen LogP contribution in [0.1, 0.15) is 11.1 Å². The van der Waals surface area contributed by atoms with E-state index in [9.17, 15) is 9.90 Å². The Balaban J connectivity index is 2.28. The quantitative estimate of drug-likeness (QED) is 0.843. The van der Waals surface area contributed by atoms with Gasteiger partial charge in [-0.3, -0.25) is 0 Å². The number of benzene rings is 1. The average Bonchev–Trinajstić information content (AvgIpc) is 2.42. The fraction of sp³-hybridized carbons (Fsp3) is 0.0667. The molecule has 0 amide bonds. The average molecular weight is 306 g/mol. The Kier molecular flexibility index (Phi) is 4.45. The maximum absolute atomic E-state index is 10.5. The number of carboxylic acid groups (broad SMARTS) is 1. The molecule has 0 aliphatic rings. The first-order chi connectivity index (χ1) is 9.95. The predicted octanol–water partition coefficient (Wildman–Crippen LogP) is 3.64. The monoisotopic (exact) mass is 305 g/mol. The lowest BCUT2D eigenvalue weighted by Crippen LogP contribution is -1.92. The molecule has 2 rings (SSSR count). The Bertz CT molecular complexity index is 672. The van der Waals surface area contributed by atoms with Crippen molar-refractivity contribution in [3.8, 4) is 17.4 Å². The number of hydrogen-bond acceptors (Lipinski definition) is 4. The Morgan fingerprint density at radius 1 is 1.38 bits per heavy atom. The first-order valence-electron chi connectivity index (χ1n) is 6.00. The molecule has 1 heterocycles. The molecule has 0 saturated heterocycles. The van der Waals surface area contributed by atoms with Crippen molar-refractivity contribution in [3.63, 3.8) is 0 Å². The number of hydrogen-bond donors (Lipinski definition) is 2. The maximum atomic E-state index is 10.5. The molecule has 5 nitrogen and oxygen atoms in total. The van der Waals surface area contributed by atoms with E-state index in [0.29, 0.717) is 22.2 Å². The van der Waals surface area contributed by atoms with Crippen LogP contribution in [-0.2, 0) is 4.79 Å². The number of carboxylic acids is 1. The fourth-order valence-electron chi connectivity index (χ4n) is 1.69. The highest BCUT2D eigenvalue weighted by atomic mass is 35.5. The zero-order chi connectivity index (χ0) is 15.4. The fourth-order valence-corrected chi connectivity index (χ4v) is 2.00. The van der Waals surface area contributed by atoms with Crippen molar-refractivity contribution in [2.75, 3.05) is 0 Å². The number of aromatic hydroxyl groups is 1. The van der Waals surface area contributed by atoms with Crippen LogP contribution in [0.4, 0.5) is 0 Å². The van der Waals surface area contributed by atoms with Crippen LogP contribution < -0.4 is 4.74 Å². The Labute approximate surface area is 126 Å². The van der Waals surface area contributed by atoms with Gasteiger partial charge in [-0.25, -0.2) is 9.78 Å². The first kappa shape index (κ1) is 14.9. The van der Waals surface area contributed by atoms with Gasteiger partial charge in [0.15, 0.2) is 5.75 Å². The van der Waals surface area contributed by atoms with Gasteiger partial charge in [0.05, 0.1) is 11.2 Å². The molecule has 1 aromatic carbocycles. The van der Waals surface area contributed by atoms with Crippen molar-refractivity contribution in [1.82, 2.24) is 4.98 Å². The van der Waals surface area contributed by atoms with Crippen molar-refractivity contribution in [2.45, 2.75) is 6.92 Å². The van der Waals surface area contributed by atoms with Crippen LogP contribution in [0.25, 0.3) is 6.08 Å². The highest BCUT2D eigenvalue weighted by molar-refractivity contribution is 6.32. The van der Waals surface area contributed by atoms with Crippen LogP contribution in [0.2, 0.25) is 5.02 Å². The van der Waals surface area contributed by atoms with E-state index in [1.807, 2.05) is 0 Å². The zero-order valence-electron chi connectivity index (χ0n) is 11.1. The van der Waals surface area contributed by atoms with E-state index in [-0.39, 0.29) is 5.75 Å². The zero-order valence-corrected chi connectivity index (χ0v) is 11.8. The molecule has 2 aromatic rings. The van der Waals surface area contributed by atoms with Crippen LogP contribution in [0.5, 0.6) is 17.4 Å². The molecule has 108 valence electrons. The highest BCUT2D eigenvalue weighted by Gasteiger charge is 2.09. The van der Waals surface area contributed by atoms with Crippen molar-refractivity contribution < 1.29 is 19.7 Å². The molecule has 0 unspecified atom stereocenters. The molecule has 21 heavy (non-hydrogen) atoms. The third-order valence-corrected chi connectivity index (χ3v) is 2.88. The molecule has 0 spiro atoms. The van der Waals surface area contributed by atoms with Gasteiger partial charge < -0.3 is 14.9 Å². The summed E-state index contributed by atoms with van der Waals surface area (Å²) in [5, 5.41) is 18.1. The summed E-state index contributed by atoms with van der Waals surface area (Å²) in [4.78, 5) is 14.4. The summed E-state index contributed by atoms with van der Waals surface area (Å²) >= 11 is 6.15. The number of aliphatic carboxylic acids is 1. The largest absolute Gasteiger partial charge is 0.506 e. The van der Waals surface area contributed by atoms with Crippen molar-refractivity contribution in [1.29, 1.82) is 0 Å². The second kappa shape index (κ2) is 6.28. The molecule has 2 N–H and O–H groups in total. The molecule has 6 heteroatoms. The lowest BCUT2D eigenvalue weighted by Gasteiger charge is -2.10. The van der Waals surface area contributed by atoms with Crippen LogP contribution in [0.15, 0.2) is 36.5 Å². The van der Waals surface area contributed by atoms with E-state index in [1.54, 1.807) is 19.1 Å². The van der Waals surface area contributed by atoms with Crippen LogP contribution >= 0.6 is 11.6 Å². The summed E-state index contributed by atoms with van der Waals surface area (Å²) in [5.41, 5.74) is 1.40. The van der Waals surface area contributed by atoms with Gasteiger partial charge in [0, 0.05) is 12.1 Å². The number of pyridine rings is 1. The molecule has 0 saturated carbocycles. The summed E-state index contributed by atoms with van der Waals surface area (Å²) < 4.78 is 5.58. The summed E-state index contributed by atoms with van der Waals surface area (Å²) in [6, 6.07) is 6.32. The minimum absolute atomic E-state index is 0.0410. The van der Waals surface area contributed by atoms with E-state index in [4.69, 9.17) is 21.4 Å². The molecule has 0 bridgehead atoms. The Morgan fingerprint density at radius 3 is 2.71 bits per heavy atom. The maximum Gasteiger partial charge on any atom is 0.328 e. The lowest BCUT2D eigenvalue weighted by atomic mass is 10.1. The standard InChI is InChI=1S/C15H12ClNO4/c1-9-6-10(2-5-14(19)20)7-12(16)15(9)21-13-4-3-11(18)8-17-13/h2-8,18H,1H3,(H,19,20). The third-order valence-electron chi connectivity index (χ3n) is 2.60. The van der Waals surface area contributed by atoms with E-state index in [0.717, 1.165) is 11.6 Å². The topological polar surface area (TPSA) is 79.7 Å². The molecule has 0 aliphatic carbocycles. The molecule has 1 aromatic heterocycles. The minimum atomic E-state index is -1.03. The van der Waals surface area contributed by atoms with Gasteiger partial charge in [-0.15, -0.1) is 0 Å². The van der Waals surface area contributed by atoms with E-state index in [1.165, 1.54) is 24.4 Å². The van der Waals surface area contributed by atoms with Crippen molar-refractivity contribution >= 4 is 23.6 Å². The van der Waals surface area contributed by atoms with Gasteiger partial charge in [-0.05, 0) is 42.3 Å². The molecule has 0 fully saturated rings. The number of ether oxygens (including phenoxy) is 1. The Morgan fingerprint density at radius 2 is 2.14 bits per heavy atom. The van der Waals surface area contributed by atoms with Gasteiger partial charge in [-0.1, -0.05) is 11.6 Å². The molecule has 0 atom stereocenters. The van der Waals surface area contributed by atoms with Gasteiger partial charge in [0.1, 0.15) is 5.75 Å². The predicted molar refractivity (Wildman–Crippen MR) is 78.8 cm³/mol. The normalized spacial score (nSPS) is 10.8. The number of aromatic nitrogens is 1. The molecular weight excluding hydrogens is 294 g/mol. The van der Waals surface area contributed by atoms with Gasteiger partial charge >= 0.3 is 5.97 Å². The summed E-state index contributed by atoms with van der Waals surface area (Å²) in [6.45, 7) is 1.79. The van der Waals surface area contributed by atoms with E-state index in [2.05, 4.69) is 4.98 Å². The smallest absolute Gasteiger partial charge is 0.328 e. The summed E-state index contributed by atoms with van der Waals surface area (Å²) in [6.07, 6.45) is 3.75. The minimum Gasteiger partial charge on any atom is -0.506 e. The second-order valence-electron chi connectivity index (χ2n) is 4.28. The van der Waals surface area contributed by atoms with Gasteiger partial charge in [-0.2, -0.15) is 0 Å². The molecule has 0 radical (unpaired) electrons. The summed E-state index contributed by atoms with van der Waals surface area (Å²) in [7, 11) is 0. The third kappa shape index (κ3) is 3.97. The van der Waals surface area contributed by atoms with Crippen LogP contribution in [0, 0.1) is 6.92 Å². The Hall–Kier alpha value is -2.53. The number of carbonyl (C=O) groups is 1. The number of rotatable bonds is 4. The van der Waals surface area contributed by atoms with Gasteiger partial charge in [0.2, 0.25) is 5.88 Å². The summed E-state index contributed by atoms with van der Waals surface area (Å²) in [5.74, 6) is -0.259. The number of halogens is 1. The van der Waals surface area contributed by atoms with Crippen molar-refractivity contribution in [3.05, 3.63) is 52.7 Å². The number of aryl methyl sites for hydroxylation is 1. The van der Waals surface area contributed by atoms with E-state index >= 15 is 0 Å². The van der Waals surface area contributed by atoms with Crippen LogP contribution in [0.3, 0.4) is 0 Å². The lowest BCUT2D eigenvalue weighted by molar-refractivity contribution is -0.131. The van der Waals surface area contributed by atoms with E-state index < -0.39 is 5.97 Å². The van der Waals surface area contributed by atoms with Crippen molar-refractivity contribution in [2.24, 2.45) is 0 Å². The second-order valence-corrected chi connectivity index (χ2v) is 4.68. The number of nitrogens with zero attached hydrogens (tertiary/aromatic N) is 1. The van der Waals surface area contributed by atoms with Crippen LogP contribution in [-0.4, -0.2) is 21.2 Å². The molecule has 0 aliphatic heterocycles. The highest BCUT2D eigenvalue weighted by Crippen LogP contribution is 2.33. The first-order valence-corrected chi connectivity index (χ1v) is 6.37. The molecular formula is C15H12ClNO4. The van der Waals surface area contributed by atoms with Gasteiger partial charge in [0.25, 0.3) is 0 Å².